The SMILES string of the molecule is Cc1cc(C)c(B(c2cc(-c3ccc4ccccc4c3)c3ccc4ccc(-c5ccc6ccccc6c5)c5c4c3c2CC5)c2c(C)cc(C)cc2C)c(C)c1. The van der Waals surface area contributed by atoms with Gasteiger partial charge in [-0.2, -0.15) is 0 Å². The molecule has 264 valence electrons. The van der Waals surface area contributed by atoms with Gasteiger partial charge < -0.3 is 0 Å². The predicted molar refractivity (Wildman–Crippen MR) is 241 cm³/mol. The first-order valence-electron chi connectivity index (χ1n) is 19.9. The number of hydrogen-bond acceptors (Lipinski definition) is 0. The molecule has 0 nitrogen and oxygen atoms in total. The van der Waals surface area contributed by atoms with Gasteiger partial charge in [-0.15, -0.1) is 0 Å². The normalized spacial score (nSPS) is 12.4. The van der Waals surface area contributed by atoms with E-state index in [0.29, 0.717) is 0 Å². The van der Waals surface area contributed by atoms with Crippen LogP contribution in [0.4, 0.5) is 0 Å². The van der Waals surface area contributed by atoms with Gasteiger partial charge in [-0.3, -0.25) is 0 Å². The first kappa shape index (κ1) is 33.6. The topological polar surface area (TPSA) is 0 Å². The highest BCUT2D eigenvalue weighted by Crippen LogP contribution is 2.43. The quantitative estimate of drug-likeness (QED) is 0.124. The van der Waals surface area contributed by atoms with Crippen LogP contribution in [0, 0.1) is 41.5 Å². The molecule has 1 aliphatic rings. The summed E-state index contributed by atoms with van der Waals surface area (Å²) < 4.78 is 0. The largest absolute Gasteiger partial charge is 0.242 e. The molecule has 0 saturated heterocycles. The van der Waals surface area contributed by atoms with Gasteiger partial charge in [0.25, 0.3) is 0 Å². The fourth-order valence-electron chi connectivity index (χ4n) is 10.5. The van der Waals surface area contributed by atoms with E-state index >= 15 is 0 Å². The molecular formula is C54H45B. The number of aryl methyl sites for hydroxylation is 8. The molecule has 0 bridgehead atoms. The summed E-state index contributed by atoms with van der Waals surface area (Å²) in [6.07, 6.45) is 2.02. The highest BCUT2D eigenvalue weighted by molar-refractivity contribution is 6.97. The molecule has 0 aromatic heterocycles. The smallest absolute Gasteiger partial charge is 0.0642 e. The second-order valence-corrected chi connectivity index (χ2v) is 16.4. The summed E-state index contributed by atoms with van der Waals surface area (Å²) in [6.45, 7) is 13.9. The molecule has 0 aliphatic heterocycles. The van der Waals surface area contributed by atoms with E-state index in [-0.39, 0.29) is 6.71 Å². The highest BCUT2D eigenvalue weighted by atomic mass is 14.3. The van der Waals surface area contributed by atoms with Crippen molar-refractivity contribution in [1.82, 2.24) is 0 Å². The van der Waals surface area contributed by atoms with Crippen LogP contribution in [-0.4, -0.2) is 6.71 Å². The lowest BCUT2D eigenvalue weighted by atomic mass is 9.33. The Morgan fingerprint density at radius 2 is 0.855 bits per heavy atom. The van der Waals surface area contributed by atoms with Crippen LogP contribution in [0.3, 0.4) is 0 Å². The average molecular weight is 705 g/mol. The number of benzene rings is 9. The summed E-state index contributed by atoms with van der Waals surface area (Å²) in [6, 6.07) is 53.3. The molecule has 0 N–H and O–H groups in total. The maximum Gasteiger partial charge on any atom is 0.242 e. The Morgan fingerprint density at radius 1 is 0.382 bits per heavy atom. The zero-order chi connectivity index (χ0) is 37.5. The standard InChI is InChI=1S/C54H45B/c1-32-25-34(3)53(35(4)26-32)55(54-36(5)27-33(2)28-37(54)6)50-31-49(44-18-16-39-12-8-10-14-42(39)30-44)47-22-20-40-19-21-45(46-23-24-48(50)52(47)51(40)46)43-17-15-38-11-7-9-13-41(38)29-43/h7-22,25-31H,23-24H2,1-6H3. The minimum absolute atomic E-state index is 0.0975. The van der Waals surface area contributed by atoms with Crippen molar-refractivity contribution in [3.8, 4) is 22.3 Å². The molecule has 0 atom stereocenters. The molecule has 0 unspecified atom stereocenters. The fourth-order valence-corrected chi connectivity index (χ4v) is 10.5. The monoisotopic (exact) mass is 704 g/mol. The molecule has 0 radical (unpaired) electrons. The van der Waals surface area contributed by atoms with Crippen molar-refractivity contribution < 1.29 is 0 Å². The molecule has 1 heteroatoms. The van der Waals surface area contributed by atoms with Gasteiger partial charge in [0, 0.05) is 0 Å². The van der Waals surface area contributed by atoms with E-state index < -0.39 is 0 Å². The summed E-state index contributed by atoms with van der Waals surface area (Å²) in [5.41, 5.74) is 20.7. The first-order chi connectivity index (χ1) is 26.7. The molecule has 0 heterocycles. The number of hydrogen-bond donors (Lipinski definition) is 0. The lowest BCUT2D eigenvalue weighted by Crippen LogP contribution is -2.57. The van der Waals surface area contributed by atoms with Gasteiger partial charge in [0.2, 0.25) is 6.71 Å². The lowest BCUT2D eigenvalue weighted by Gasteiger charge is -2.31. The van der Waals surface area contributed by atoms with Gasteiger partial charge in [0.05, 0.1) is 0 Å². The molecule has 10 rings (SSSR count). The maximum atomic E-state index is 2.61. The summed E-state index contributed by atoms with van der Waals surface area (Å²) in [5.74, 6) is 0. The van der Waals surface area contributed by atoms with Crippen LogP contribution < -0.4 is 16.4 Å². The Balaban J connectivity index is 1.35. The molecule has 9 aromatic rings. The van der Waals surface area contributed by atoms with Gasteiger partial charge in [0.1, 0.15) is 0 Å². The van der Waals surface area contributed by atoms with Crippen molar-refractivity contribution in [2.75, 3.05) is 0 Å². The van der Waals surface area contributed by atoms with E-state index in [9.17, 15) is 0 Å². The third kappa shape index (κ3) is 5.43. The minimum atomic E-state index is 0.0975. The molecule has 1 aliphatic carbocycles. The van der Waals surface area contributed by atoms with Gasteiger partial charge in [-0.05, 0) is 143 Å². The Kier molecular flexibility index (Phi) is 7.86. The molecule has 0 saturated carbocycles. The lowest BCUT2D eigenvalue weighted by molar-refractivity contribution is 0.976. The Bertz CT molecular complexity index is 2950. The third-order valence-corrected chi connectivity index (χ3v) is 12.6. The van der Waals surface area contributed by atoms with Crippen molar-refractivity contribution in [3.05, 3.63) is 184 Å². The van der Waals surface area contributed by atoms with E-state index in [0.717, 1.165) is 12.8 Å². The summed E-state index contributed by atoms with van der Waals surface area (Å²) >= 11 is 0. The van der Waals surface area contributed by atoms with E-state index in [1.54, 1.807) is 0 Å². The summed E-state index contributed by atoms with van der Waals surface area (Å²) in [5, 5.41) is 10.7. The van der Waals surface area contributed by atoms with Gasteiger partial charge in [0.15, 0.2) is 0 Å². The van der Waals surface area contributed by atoms with E-state index in [2.05, 4.69) is 181 Å². The van der Waals surface area contributed by atoms with Crippen LogP contribution in [0.5, 0.6) is 0 Å². The van der Waals surface area contributed by atoms with E-state index in [1.807, 2.05) is 0 Å². The number of fused-ring (bicyclic) bond motifs is 2. The van der Waals surface area contributed by atoms with Crippen molar-refractivity contribution >= 4 is 66.2 Å². The van der Waals surface area contributed by atoms with Crippen LogP contribution in [0.1, 0.15) is 44.5 Å². The van der Waals surface area contributed by atoms with Crippen molar-refractivity contribution in [3.63, 3.8) is 0 Å². The van der Waals surface area contributed by atoms with Crippen LogP contribution in [-0.2, 0) is 12.8 Å². The second-order valence-electron chi connectivity index (χ2n) is 16.4. The minimum Gasteiger partial charge on any atom is -0.0642 e. The third-order valence-electron chi connectivity index (χ3n) is 12.6. The van der Waals surface area contributed by atoms with E-state index in [4.69, 9.17) is 0 Å². The van der Waals surface area contributed by atoms with Crippen molar-refractivity contribution in [2.45, 2.75) is 54.4 Å². The summed E-state index contributed by atoms with van der Waals surface area (Å²) in [7, 11) is 0. The molecular weight excluding hydrogens is 659 g/mol. The van der Waals surface area contributed by atoms with Crippen molar-refractivity contribution in [2.24, 2.45) is 0 Å². The van der Waals surface area contributed by atoms with Crippen LogP contribution in [0.15, 0.2) is 140 Å². The Morgan fingerprint density at radius 3 is 1.42 bits per heavy atom. The van der Waals surface area contributed by atoms with E-state index in [1.165, 1.54) is 126 Å². The Hall–Kier alpha value is -5.92. The molecule has 0 fully saturated rings. The van der Waals surface area contributed by atoms with Gasteiger partial charge >= 0.3 is 0 Å². The molecule has 9 aromatic carbocycles. The van der Waals surface area contributed by atoms with Crippen LogP contribution in [0.25, 0.3) is 65.3 Å². The fraction of sp³-hybridized carbons (Fsp3) is 0.148. The van der Waals surface area contributed by atoms with Crippen LogP contribution in [0.2, 0.25) is 0 Å². The van der Waals surface area contributed by atoms with Crippen molar-refractivity contribution in [1.29, 1.82) is 0 Å². The number of rotatable bonds is 5. The molecule has 0 spiro atoms. The zero-order valence-corrected chi connectivity index (χ0v) is 32.8. The van der Waals surface area contributed by atoms with Crippen LogP contribution >= 0.6 is 0 Å². The zero-order valence-electron chi connectivity index (χ0n) is 32.8. The first-order valence-corrected chi connectivity index (χ1v) is 19.9. The predicted octanol–water partition coefficient (Wildman–Crippen LogP) is 12.1. The van der Waals surface area contributed by atoms with Gasteiger partial charge in [-0.1, -0.05) is 177 Å². The highest BCUT2D eigenvalue weighted by Gasteiger charge is 2.33. The average Bonchev–Trinajstić information content (AvgIpc) is 3.18. The molecule has 0 amide bonds. The maximum absolute atomic E-state index is 2.61. The van der Waals surface area contributed by atoms with Gasteiger partial charge in [-0.25, -0.2) is 0 Å². The second kappa shape index (κ2) is 12.8. The summed E-state index contributed by atoms with van der Waals surface area (Å²) in [4.78, 5) is 0. The molecule has 55 heavy (non-hydrogen) atoms. The Labute approximate surface area is 325 Å².